The number of methoxy groups -OCH3 is 1. The van der Waals surface area contributed by atoms with Crippen molar-refractivity contribution in [3.63, 3.8) is 0 Å². The second-order valence-corrected chi connectivity index (χ2v) is 6.64. The van der Waals surface area contributed by atoms with Crippen LogP contribution in [-0.2, 0) is 11.3 Å². The lowest BCUT2D eigenvalue weighted by atomic mass is 9.85. The van der Waals surface area contributed by atoms with Gasteiger partial charge in [-0.1, -0.05) is 18.6 Å². The summed E-state index contributed by atoms with van der Waals surface area (Å²) in [6.45, 7) is 0.566. The molecule has 1 aliphatic rings. The molecule has 1 heterocycles. The summed E-state index contributed by atoms with van der Waals surface area (Å²) in [7, 11) is 3.51. The Kier molecular flexibility index (Phi) is 5.00. The summed E-state index contributed by atoms with van der Waals surface area (Å²) in [5.41, 5.74) is 7.94. The number of rotatable bonds is 4. The molecular formula is C19H25N3O2. The summed E-state index contributed by atoms with van der Waals surface area (Å²) in [5.74, 6) is 1.00. The van der Waals surface area contributed by atoms with E-state index in [1.54, 1.807) is 13.3 Å². The second-order valence-electron chi connectivity index (χ2n) is 6.64. The number of hydrogen-bond acceptors (Lipinski definition) is 4. The van der Waals surface area contributed by atoms with Crippen LogP contribution in [0.1, 0.15) is 31.2 Å². The summed E-state index contributed by atoms with van der Waals surface area (Å²) >= 11 is 0. The Hall–Kier alpha value is -2.14. The van der Waals surface area contributed by atoms with Crippen molar-refractivity contribution < 1.29 is 9.53 Å². The quantitative estimate of drug-likeness (QED) is 0.937. The number of hydrogen-bond donors (Lipinski definition) is 1. The van der Waals surface area contributed by atoms with Gasteiger partial charge in [-0.25, -0.2) is 0 Å². The lowest BCUT2D eigenvalue weighted by molar-refractivity contribution is -0.135. The number of nitrogens with two attached hydrogens (primary N) is 1. The molecule has 3 rings (SSSR count). The SMILES string of the molecule is COc1ccc(CN(C)C(=O)[C@@H]2CCC[C@H](N)C2)c2cccnc12. The summed E-state index contributed by atoms with van der Waals surface area (Å²) in [6.07, 6.45) is 5.58. The van der Waals surface area contributed by atoms with Crippen molar-refractivity contribution in [1.29, 1.82) is 0 Å². The molecule has 0 bridgehead atoms. The van der Waals surface area contributed by atoms with Crippen LogP contribution < -0.4 is 10.5 Å². The zero-order valence-electron chi connectivity index (χ0n) is 14.4. The molecule has 2 atom stereocenters. The van der Waals surface area contributed by atoms with Gasteiger partial charge in [0.1, 0.15) is 11.3 Å². The highest BCUT2D eigenvalue weighted by Crippen LogP contribution is 2.29. The maximum atomic E-state index is 12.7. The average molecular weight is 327 g/mol. The van der Waals surface area contributed by atoms with E-state index in [-0.39, 0.29) is 17.9 Å². The van der Waals surface area contributed by atoms with Crippen molar-refractivity contribution in [2.75, 3.05) is 14.2 Å². The number of carbonyl (C=O) groups is 1. The molecule has 0 aliphatic heterocycles. The fourth-order valence-electron chi connectivity index (χ4n) is 3.61. The van der Waals surface area contributed by atoms with Crippen LogP contribution in [0.2, 0.25) is 0 Å². The van der Waals surface area contributed by atoms with E-state index in [0.29, 0.717) is 6.54 Å². The highest BCUT2D eigenvalue weighted by molar-refractivity contribution is 5.88. The van der Waals surface area contributed by atoms with Crippen molar-refractivity contribution in [1.82, 2.24) is 9.88 Å². The van der Waals surface area contributed by atoms with Crippen LogP contribution in [0.25, 0.3) is 10.9 Å². The van der Waals surface area contributed by atoms with Crippen LogP contribution in [0.4, 0.5) is 0 Å². The van der Waals surface area contributed by atoms with E-state index in [4.69, 9.17) is 10.5 Å². The standard InChI is InChI=1S/C19H25N3O2/c1-22(19(23)13-5-3-6-15(20)11-13)12-14-8-9-17(24-2)18-16(14)7-4-10-21-18/h4,7-10,13,15H,3,5-6,11-12,20H2,1-2H3/t13-,15+/m1/s1. The Morgan fingerprint density at radius 1 is 1.38 bits per heavy atom. The predicted octanol–water partition coefficient (Wildman–Crippen LogP) is 2.72. The molecule has 0 spiro atoms. The number of carbonyl (C=O) groups excluding carboxylic acids is 1. The molecule has 1 aromatic heterocycles. The van der Waals surface area contributed by atoms with Crippen LogP contribution in [0.5, 0.6) is 5.75 Å². The molecule has 1 fully saturated rings. The molecule has 1 saturated carbocycles. The van der Waals surface area contributed by atoms with Crippen molar-refractivity contribution in [2.45, 2.75) is 38.3 Å². The van der Waals surface area contributed by atoms with Gasteiger partial charge >= 0.3 is 0 Å². The van der Waals surface area contributed by atoms with E-state index in [1.807, 2.05) is 36.2 Å². The van der Waals surface area contributed by atoms with E-state index in [9.17, 15) is 4.79 Å². The molecule has 24 heavy (non-hydrogen) atoms. The second kappa shape index (κ2) is 7.18. The third-order valence-corrected chi connectivity index (χ3v) is 4.89. The Morgan fingerprint density at radius 3 is 2.96 bits per heavy atom. The number of fused-ring (bicyclic) bond motifs is 1. The third kappa shape index (κ3) is 3.36. The van der Waals surface area contributed by atoms with Crippen LogP contribution in [0, 0.1) is 5.92 Å². The van der Waals surface area contributed by atoms with Crippen molar-refractivity contribution >= 4 is 16.8 Å². The Morgan fingerprint density at radius 2 is 2.21 bits per heavy atom. The van der Waals surface area contributed by atoms with E-state index < -0.39 is 0 Å². The molecule has 0 radical (unpaired) electrons. The first-order chi connectivity index (χ1) is 11.6. The predicted molar refractivity (Wildman–Crippen MR) is 94.7 cm³/mol. The Bertz CT molecular complexity index is 732. The number of amides is 1. The van der Waals surface area contributed by atoms with Crippen LogP contribution in [0.15, 0.2) is 30.5 Å². The molecular weight excluding hydrogens is 302 g/mol. The fraction of sp³-hybridized carbons (Fsp3) is 0.474. The van der Waals surface area contributed by atoms with Gasteiger partial charge in [0.15, 0.2) is 0 Å². The molecule has 1 amide bonds. The van der Waals surface area contributed by atoms with Gasteiger partial charge < -0.3 is 15.4 Å². The smallest absolute Gasteiger partial charge is 0.225 e. The van der Waals surface area contributed by atoms with E-state index in [1.165, 1.54) is 0 Å². The van der Waals surface area contributed by atoms with Crippen LogP contribution in [0.3, 0.4) is 0 Å². The van der Waals surface area contributed by atoms with Gasteiger partial charge in [0.25, 0.3) is 0 Å². The molecule has 0 saturated heterocycles. The minimum Gasteiger partial charge on any atom is -0.494 e. The van der Waals surface area contributed by atoms with Gasteiger partial charge in [-0.2, -0.15) is 0 Å². The highest BCUT2D eigenvalue weighted by Gasteiger charge is 2.27. The molecule has 1 aliphatic carbocycles. The van der Waals surface area contributed by atoms with Gasteiger partial charge in [-0.15, -0.1) is 0 Å². The molecule has 5 nitrogen and oxygen atoms in total. The number of pyridine rings is 1. The molecule has 2 aromatic rings. The molecule has 5 heteroatoms. The summed E-state index contributed by atoms with van der Waals surface area (Å²) < 4.78 is 5.38. The first-order valence-corrected chi connectivity index (χ1v) is 8.51. The van der Waals surface area contributed by atoms with Crippen molar-refractivity contribution in [2.24, 2.45) is 11.7 Å². The van der Waals surface area contributed by atoms with E-state index in [0.717, 1.165) is 47.9 Å². The molecule has 0 unspecified atom stereocenters. The van der Waals surface area contributed by atoms with Crippen LogP contribution >= 0.6 is 0 Å². The summed E-state index contributed by atoms with van der Waals surface area (Å²) in [6, 6.07) is 8.02. The van der Waals surface area contributed by atoms with Gasteiger partial charge in [0, 0.05) is 37.1 Å². The van der Waals surface area contributed by atoms with Crippen molar-refractivity contribution in [3.8, 4) is 5.75 Å². The Balaban J connectivity index is 1.80. The first kappa shape index (κ1) is 16.7. The lowest BCUT2D eigenvalue weighted by Crippen LogP contribution is -2.38. The van der Waals surface area contributed by atoms with E-state index in [2.05, 4.69) is 4.98 Å². The molecule has 1 aromatic carbocycles. The fourth-order valence-corrected chi connectivity index (χ4v) is 3.61. The van der Waals surface area contributed by atoms with Gasteiger partial charge in [0.2, 0.25) is 5.91 Å². The minimum atomic E-state index is 0.0568. The maximum absolute atomic E-state index is 12.7. The lowest BCUT2D eigenvalue weighted by Gasteiger charge is -2.29. The zero-order chi connectivity index (χ0) is 17.1. The maximum Gasteiger partial charge on any atom is 0.225 e. The monoisotopic (exact) mass is 327 g/mol. The summed E-state index contributed by atoms with van der Waals surface area (Å²) in [5, 5.41) is 1.02. The third-order valence-electron chi connectivity index (χ3n) is 4.89. The largest absolute Gasteiger partial charge is 0.494 e. The van der Waals surface area contributed by atoms with Crippen molar-refractivity contribution in [3.05, 3.63) is 36.0 Å². The number of benzene rings is 1. The van der Waals surface area contributed by atoms with Gasteiger partial charge in [0.05, 0.1) is 7.11 Å². The zero-order valence-corrected chi connectivity index (χ0v) is 14.4. The van der Waals surface area contributed by atoms with Gasteiger partial charge in [-0.3, -0.25) is 9.78 Å². The topological polar surface area (TPSA) is 68.5 Å². The first-order valence-electron chi connectivity index (χ1n) is 8.51. The average Bonchev–Trinajstić information content (AvgIpc) is 2.61. The highest BCUT2D eigenvalue weighted by atomic mass is 16.5. The molecule has 128 valence electrons. The van der Waals surface area contributed by atoms with Crippen LogP contribution in [-0.4, -0.2) is 36.0 Å². The number of aromatic nitrogens is 1. The Labute approximate surface area is 142 Å². The number of ether oxygens (including phenoxy) is 1. The molecule has 2 N–H and O–H groups in total. The summed E-state index contributed by atoms with van der Waals surface area (Å²) in [4.78, 5) is 19.0. The number of nitrogens with zero attached hydrogens (tertiary/aromatic N) is 2. The van der Waals surface area contributed by atoms with E-state index >= 15 is 0 Å². The minimum absolute atomic E-state index is 0.0568. The normalized spacial score (nSPS) is 20.8. The van der Waals surface area contributed by atoms with Gasteiger partial charge in [-0.05, 0) is 37.0 Å².